The summed E-state index contributed by atoms with van der Waals surface area (Å²) in [4.78, 5) is 88.3. The average Bonchev–Trinajstić information content (AvgIpc) is 2.09. The molecule has 30 nitrogen and oxygen atoms in total. The fourth-order valence-electron chi connectivity index (χ4n) is 10.1. The van der Waals surface area contributed by atoms with E-state index in [0.717, 1.165) is 68.7 Å². The predicted octanol–water partition coefficient (Wildman–Crippen LogP) is 5.97. The topological polar surface area (TPSA) is 434 Å². The van der Waals surface area contributed by atoms with Crippen molar-refractivity contribution >= 4 is 88.0 Å². The number of ether oxygens (including phenoxy) is 1. The maximum absolute atomic E-state index is 12.6. The van der Waals surface area contributed by atoms with Crippen LogP contribution in [0.4, 0.5) is 57.2 Å². The number of likely N-dealkylation sites (tertiary alicyclic amines) is 2. The number of aromatic nitrogens is 9. The van der Waals surface area contributed by atoms with Gasteiger partial charge in [0.25, 0.3) is 17.7 Å². The second-order valence-corrected chi connectivity index (χ2v) is 24.7. The standard InChI is InChI=1S/C25H36N8O4.C20H28N8O2.C18H25N7O/c1-15(2)16-8-10-17(11-9-16)28-22-20(21(26)35)31-32-23(30-22)29-18-7-6-12-33(14-18)19(34)13-27-24(36)37-25(3,4)5;1-12(2)13-5-7-14(8-6-13)23-19-17(18(22)30)26-27-20(25-19)24-15-4-3-9-28(11-15)16(29)10-21;1-11(2)12-5-7-13(8-6-12)21-17-15(16(19)26)24-25-18(23-17)22-14-4-3-9-20-10-14/h8-11,15,18H,6-7,12-14H2,1-5H3,(H2,26,35)(H,27,36)(H2,28,29,30,32);5-8,12,15H,3-4,9-11,21H2,1-2H3,(H2,22,30)(H2,23,24,25,27);5-8,11,14,20H,3-4,9-10H2,1-2H3,(H2,19,26)(H2,21,22,23,25)/t18-;15-;14-/m000/s1. The van der Waals surface area contributed by atoms with E-state index in [2.05, 4.69) is 130 Å². The van der Waals surface area contributed by atoms with Gasteiger partial charge in [-0.3, -0.25) is 24.0 Å². The molecule has 0 unspecified atom stereocenters. The van der Waals surface area contributed by atoms with Gasteiger partial charge in [0.1, 0.15) is 12.1 Å². The lowest BCUT2D eigenvalue weighted by Gasteiger charge is -2.33. The number of nitrogens with two attached hydrogens (primary N) is 4. The Balaban J connectivity index is 0.000000201. The Labute approximate surface area is 541 Å². The molecule has 3 saturated heterocycles. The summed E-state index contributed by atoms with van der Waals surface area (Å²) >= 11 is 0. The number of nitrogens with zero attached hydrogens (tertiary/aromatic N) is 11. The zero-order valence-corrected chi connectivity index (χ0v) is 54.4. The van der Waals surface area contributed by atoms with Gasteiger partial charge in [-0.15, -0.1) is 30.6 Å². The molecule has 9 rings (SSSR count). The molecule has 0 spiro atoms. The number of carbonyl (C=O) groups excluding carboxylic acids is 6. The molecule has 3 aromatic heterocycles. The predicted molar refractivity (Wildman–Crippen MR) is 356 cm³/mol. The van der Waals surface area contributed by atoms with Gasteiger partial charge in [-0.25, -0.2) is 4.79 Å². The lowest BCUT2D eigenvalue weighted by atomic mass is 10.0. The van der Waals surface area contributed by atoms with Gasteiger partial charge in [0.05, 0.1) is 6.54 Å². The summed E-state index contributed by atoms with van der Waals surface area (Å²) in [5.41, 5.74) is 27.0. The van der Waals surface area contributed by atoms with E-state index in [-0.39, 0.29) is 83.6 Å². The minimum atomic E-state index is -0.750. The molecular formula is C63H89N23O7. The van der Waals surface area contributed by atoms with Gasteiger partial charge in [-0.2, -0.15) is 15.0 Å². The summed E-state index contributed by atoms with van der Waals surface area (Å²) in [6.45, 7) is 21.9. The maximum Gasteiger partial charge on any atom is 0.408 e. The average molecular weight is 1280 g/mol. The van der Waals surface area contributed by atoms with Crippen LogP contribution >= 0.6 is 0 Å². The van der Waals surface area contributed by atoms with Gasteiger partial charge in [-0.05, 0) is 137 Å². The van der Waals surface area contributed by atoms with E-state index >= 15 is 0 Å². The number of piperidine rings is 3. The number of primary amides is 3. The number of nitrogens with one attached hydrogen (secondary N) is 8. The highest BCUT2D eigenvalue weighted by molar-refractivity contribution is 5.97. The van der Waals surface area contributed by atoms with Crippen LogP contribution in [0, 0.1) is 0 Å². The number of benzene rings is 3. The monoisotopic (exact) mass is 1280 g/mol. The Morgan fingerprint density at radius 2 is 0.882 bits per heavy atom. The van der Waals surface area contributed by atoms with Crippen LogP contribution in [0.25, 0.3) is 0 Å². The smallest absolute Gasteiger partial charge is 0.408 e. The van der Waals surface area contributed by atoms with Crippen LogP contribution in [0.3, 0.4) is 0 Å². The van der Waals surface area contributed by atoms with E-state index in [9.17, 15) is 28.8 Å². The molecule has 498 valence electrons. The van der Waals surface area contributed by atoms with E-state index in [4.69, 9.17) is 27.7 Å². The SMILES string of the molecule is CC(C)c1ccc(Nc2nc(N[C@H]3CCCN(C(=O)CN)C3)nnc2C(N)=O)cc1.CC(C)c1ccc(Nc2nc(N[C@H]3CCCN(C(=O)CNC(=O)OC(C)(C)C)C3)nnc2C(N)=O)cc1.CC(C)c1ccc(Nc2nc(N[C@H]3CCCNC3)nnc2C(N)=O)cc1. The minimum absolute atomic E-state index is 0.0122. The molecule has 6 amide bonds. The Morgan fingerprint density at radius 1 is 0.527 bits per heavy atom. The Morgan fingerprint density at radius 3 is 1.20 bits per heavy atom. The van der Waals surface area contributed by atoms with Crippen molar-refractivity contribution in [2.24, 2.45) is 22.9 Å². The summed E-state index contributed by atoms with van der Waals surface area (Å²) in [5.74, 6) is 0.370. The number of carbonyl (C=O) groups is 6. The van der Waals surface area contributed by atoms with Gasteiger partial charge >= 0.3 is 6.09 Å². The van der Waals surface area contributed by atoms with E-state index in [1.54, 1.807) is 30.6 Å². The van der Waals surface area contributed by atoms with Crippen molar-refractivity contribution < 1.29 is 33.5 Å². The summed E-state index contributed by atoms with van der Waals surface area (Å²) < 4.78 is 5.18. The summed E-state index contributed by atoms with van der Waals surface area (Å²) in [5, 5.41) is 48.6. The number of hydrogen-bond donors (Lipinski definition) is 12. The molecule has 3 atom stereocenters. The Hall–Kier alpha value is -9.97. The Kier molecular flexibility index (Phi) is 25.3. The summed E-state index contributed by atoms with van der Waals surface area (Å²) in [6.07, 6.45) is 4.74. The first-order chi connectivity index (χ1) is 44.3. The van der Waals surface area contributed by atoms with Crippen LogP contribution in [-0.4, -0.2) is 167 Å². The maximum atomic E-state index is 12.6. The van der Waals surface area contributed by atoms with Crippen LogP contribution < -0.4 is 65.5 Å². The third kappa shape index (κ3) is 21.9. The van der Waals surface area contributed by atoms with Gasteiger partial charge in [0, 0.05) is 67.9 Å². The van der Waals surface area contributed by atoms with E-state index in [1.807, 2.05) is 72.8 Å². The molecule has 3 aromatic carbocycles. The minimum Gasteiger partial charge on any atom is -0.444 e. The van der Waals surface area contributed by atoms with Gasteiger partial charge in [0.15, 0.2) is 34.5 Å². The third-order valence-electron chi connectivity index (χ3n) is 15.1. The van der Waals surface area contributed by atoms with E-state index in [1.165, 1.54) is 16.7 Å². The van der Waals surface area contributed by atoms with Gasteiger partial charge < -0.3 is 80.0 Å². The third-order valence-corrected chi connectivity index (χ3v) is 15.1. The second kappa shape index (κ2) is 33.4. The van der Waals surface area contributed by atoms with E-state index < -0.39 is 29.4 Å². The summed E-state index contributed by atoms with van der Waals surface area (Å²) in [7, 11) is 0. The molecule has 0 saturated carbocycles. The highest BCUT2D eigenvalue weighted by Gasteiger charge is 2.28. The van der Waals surface area contributed by atoms with Crippen molar-refractivity contribution in [1.29, 1.82) is 0 Å². The van der Waals surface area contributed by atoms with Crippen molar-refractivity contribution in [2.75, 3.05) is 84.3 Å². The first-order valence-electron chi connectivity index (χ1n) is 31.3. The molecule has 3 aliphatic heterocycles. The molecule has 6 aromatic rings. The normalized spacial score (nSPS) is 16.3. The first-order valence-corrected chi connectivity index (χ1v) is 31.3. The largest absolute Gasteiger partial charge is 0.444 e. The molecule has 30 heteroatoms. The number of anilines is 9. The summed E-state index contributed by atoms with van der Waals surface area (Å²) in [6, 6.07) is 23.7. The molecule has 3 fully saturated rings. The molecule has 0 aliphatic carbocycles. The number of rotatable bonds is 21. The number of amides is 6. The Bertz CT molecular complexity index is 3490. The van der Waals surface area contributed by atoms with Crippen LogP contribution in [0.2, 0.25) is 0 Å². The fourth-order valence-corrected chi connectivity index (χ4v) is 10.1. The van der Waals surface area contributed by atoms with Crippen molar-refractivity contribution in [3.05, 3.63) is 107 Å². The second-order valence-electron chi connectivity index (χ2n) is 24.7. The molecule has 6 heterocycles. The van der Waals surface area contributed by atoms with Crippen LogP contribution in [0.5, 0.6) is 0 Å². The van der Waals surface area contributed by atoms with Gasteiger partial charge in [0.2, 0.25) is 29.7 Å². The zero-order valence-electron chi connectivity index (χ0n) is 54.4. The first kappa shape index (κ1) is 70.5. The number of alkyl carbamates (subject to hydrolysis) is 1. The highest BCUT2D eigenvalue weighted by Crippen LogP contribution is 2.27. The molecular weight excluding hydrogens is 1190 g/mol. The van der Waals surface area contributed by atoms with E-state index in [0.29, 0.717) is 55.7 Å². The fraction of sp³-hybridized carbons (Fsp3) is 0.476. The van der Waals surface area contributed by atoms with Crippen LogP contribution in [0.15, 0.2) is 72.8 Å². The lowest BCUT2D eigenvalue weighted by Crippen LogP contribution is -2.49. The van der Waals surface area contributed by atoms with Crippen LogP contribution in [-0.2, 0) is 14.3 Å². The quantitative estimate of drug-likeness (QED) is 0.0395. The van der Waals surface area contributed by atoms with Gasteiger partial charge in [-0.1, -0.05) is 77.9 Å². The van der Waals surface area contributed by atoms with Crippen molar-refractivity contribution in [3.63, 3.8) is 0 Å². The molecule has 3 aliphatic rings. The number of hydrogen-bond acceptors (Lipinski definition) is 24. The van der Waals surface area contributed by atoms with Crippen molar-refractivity contribution in [1.82, 2.24) is 66.0 Å². The molecule has 93 heavy (non-hydrogen) atoms. The molecule has 0 bridgehead atoms. The van der Waals surface area contributed by atoms with Crippen molar-refractivity contribution in [2.45, 2.75) is 142 Å². The zero-order chi connectivity index (χ0) is 67.4. The van der Waals surface area contributed by atoms with Crippen molar-refractivity contribution in [3.8, 4) is 0 Å². The highest BCUT2D eigenvalue weighted by atomic mass is 16.6. The lowest BCUT2D eigenvalue weighted by molar-refractivity contribution is -0.131. The molecule has 16 N–H and O–H groups in total. The van der Waals surface area contributed by atoms with Crippen LogP contribution in [0.1, 0.15) is 167 Å². The molecule has 0 radical (unpaired) electrons.